The Kier molecular flexibility index (Phi) is 3.02. The zero-order valence-electron chi connectivity index (χ0n) is 6.21. The van der Waals surface area contributed by atoms with Gasteiger partial charge in [0.1, 0.15) is 12.0 Å². The number of hydrogen-bond donors (Lipinski definition) is 0. The molecule has 0 aromatic heterocycles. The smallest absolute Gasteiger partial charge is 0.161 e. The molecule has 0 saturated heterocycles. The largest absolute Gasteiger partial charge is 0.366 e. The Hall–Kier alpha value is -0.920. The zero-order valence-corrected chi connectivity index (χ0v) is 6.21. The summed E-state index contributed by atoms with van der Waals surface area (Å²) in [6.07, 6.45) is 3.31. The summed E-state index contributed by atoms with van der Waals surface area (Å²) in [5.74, 6) is 1.75. The maximum Gasteiger partial charge on any atom is 0.161 e. The van der Waals surface area contributed by atoms with Gasteiger partial charge in [0.25, 0.3) is 0 Å². The summed E-state index contributed by atoms with van der Waals surface area (Å²) in [7, 11) is 0. The van der Waals surface area contributed by atoms with Crippen LogP contribution in [0.3, 0.4) is 0 Å². The second-order valence-electron chi connectivity index (χ2n) is 2.50. The van der Waals surface area contributed by atoms with Crippen molar-refractivity contribution in [1.82, 2.24) is 0 Å². The van der Waals surface area contributed by atoms with Crippen LogP contribution in [0.5, 0.6) is 0 Å². The molecule has 0 aliphatic heterocycles. The van der Waals surface area contributed by atoms with E-state index in [2.05, 4.69) is 0 Å². The van der Waals surface area contributed by atoms with Crippen molar-refractivity contribution in [2.45, 2.75) is 25.4 Å². The van der Waals surface area contributed by atoms with Crippen molar-refractivity contribution in [1.29, 1.82) is 0 Å². The minimum absolute atomic E-state index is 0.157. The third-order valence-corrected chi connectivity index (χ3v) is 1.71. The SMILES string of the molecule is O=C=CCOC1CCCC1=O. The van der Waals surface area contributed by atoms with E-state index in [-0.39, 0.29) is 18.5 Å². The average Bonchev–Trinajstić information content (AvgIpc) is 2.37. The van der Waals surface area contributed by atoms with Crippen molar-refractivity contribution < 1.29 is 14.3 Å². The quantitative estimate of drug-likeness (QED) is 0.556. The minimum Gasteiger partial charge on any atom is -0.366 e. The van der Waals surface area contributed by atoms with Crippen LogP contribution in [0.15, 0.2) is 6.08 Å². The first-order chi connectivity index (χ1) is 5.34. The summed E-state index contributed by atoms with van der Waals surface area (Å²) < 4.78 is 5.09. The van der Waals surface area contributed by atoms with Crippen LogP contribution in [-0.2, 0) is 14.3 Å². The number of ether oxygens (including phenoxy) is 1. The van der Waals surface area contributed by atoms with E-state index in [0.717, 1.165) is 12.8 Å². The lowest BCUT2D eigenvalue weighted by Gasteiger charge is -2.05. The third-order valence-electron chi connectivity index (χ3n) is 1.71. The molecule has 0 aromatic rings. The van der Waals surface area contributed by atoms with E-state index in [1.807, 2.05) is 0 Å². The van der Waals surface area contributed by atoms with Gasteiger partial charge < -0.3 is 4.74 Å². The summed E-state index contributed by atoms with van der Waals surface area (Å²) in [5.41, 5.74) is 0. The highest BCUT2D eigenvalue weighted by molar-refractivity contribution is 5.84. The second kappa shape index (κ2) is 4.06. The van der Waals surface area contributed by atoms with Crippen molar-refractivity contribution in [2.24, 2.45) is 0 Å². The molecule has 1 atom stereocenters. The predicted octanol–water partition coefficient (Wildman–Crippen LogP) is 0.512. The van der Waals surface area contributed by atoms with Gasteiger partial charge in [-0.05, 0) is 12.8 Å². The molecule has 0 heterocycles. The molecule has 1 rings (SSSR count). The molecule has 1 aliphatic carbocycles. The third kappa shape index (κ3) is 2.30. The number of hydrogen-bond acceptors (Lipinski definition) is 3. The van der Waals surface area contributed by atoms with E-state index in [4.69, 9.17) is 4.74 Å². The standard InChI is InChI=1S/C8H10O3/c9-5-2-6-11-8-4-1-3-7(8)10/h2,8H,1,3-4,6H2. The van der Waals surface area contributed by atoms with Crippen molar-refractivity contribution in [3.63, 3.8) is 0 Å². The van der Waals surface area contributed by atoms with Gasteiger partial charge >= 0.3 is 0 Å². The minimum atomic E-state index is -0.264. The molecule has 0 N–H and O–H groups in total. The molecule has 1 unspecified atom stereocenters. The van der Waals surface area contributed by atoms with Crippen LogP contribution in [0.4, 0.5) is 0 Å². The molecular formula is C8H10O3. The van der Waals surface area contributed by atoms with E-state index in [0.29, 0.717) is 6.42 Å². The van der Waals surface area contributed by atoms with Gasteiger partial charge in [0.2, 0.25) is 0 Å². The van der Waals surface area contributed by atoms with E-state index in [1.165, 1.54) is 6.08 Å². The summed E-state index contributed by atoms with van der Waals surface area (Å²) in [6, 6.07) is 0. The summed E-state index contributed by atoms with van der Waals surface area (Å²) >= 11 is 0. The van der Waals surface area contributed by atoms with Crippen LogP contribution in [0.25, 0.3) is 0 Å². The van der Waals surface area contributed by atoms with Crippen LogP contribution in [0.2, 0.25) is 0 Å². The van der Waals surface area contributed by atoms with Gasteiger partial charge in [-0.25, -0.2) is 4.79 Å². The second-order valence-corrected chi connectivity index (χ2v) is 2.50. The van der Waals surface area contributed by atoms with E-state index in [1.54, 1.807) is 5.94 Å². The number of Topliss-reactive ketones (excluding diaryl/α,β-unsaturated/α-hetero) is 1. The molecule has 3 nitrogen and oxygen atoms in total. The molecule has 0 aromatic carbocycles. The van der Waals surface area contributed by atoms with E-state index < -0.39 is 0 Å². The van der Waals surface area contributed by atoms with E-state index >= 15 is 0 Å². The molecule has 1 saturated carbocycles. The van der Waals surface area contributed by atoms with Gasteiger partial charge in [-0.3, -0.25) is 4.79 Å². The molecular weight excluding hydrogens is 144 g/mol. The Bertz CT molecular complexity index is 192. The molecule has 0 bridgehead atoms. The summed E-state index contributed by atoms with van der Waals surface area (Å²) in [6.45, 7) is 0.208. The fourth-order valence-electron chi connectivity index (χ4n) is 1.16. The molecule has 1 fully saturated rings. The maximum absolute atomic E-state index is 10.9. The number of carbonyl (C=O) groups excluding carboxylic acids is 2. The Labute approximate surface area is 65.0 Å². The highest BCUT2D eigenvalue weighted by Crippen LogP contribution is 2.17. The maximum atomic E-state index is 10.9. The topological polar surface area (TPSA) is 43.4 Å². The molecule has 0 spiro atoms. The van der Waals surface area contributed by atoms with E-state index in [9.17, 15) is 9.59 Å². The van der Waals surface area contributed by atoms with Gasteiger partial charge in [-0.1, -0.05) is 0 Å². The predicted molar refractivity (Wildman–Crippen MR) is 38.9 cm³/mol. The van der Waals surface area contributed by atoms with Gasteiger partial charge in [-0.15, -0.1) is 0 Å². The van der Waals surface area contributed by atoms with Crippen molar-refractivity contribution in [3.8, 4) is 0 Å². The highest BCUT2D eigenvalue weighted by atomic mass is 16.5. The van der Waals surface area contributed by atoms with Crippen molar-refractivity contribution in [3.05, 3.63) is 6.08 Å². The normalized spacial score (nSPS) is 23.3. The molecule has 0 amide bonds. The molecule has 11 heavy (non-hydrogen) atoms. The van der Waals surface area contributed by atoms with Crippen molar-refractivity contribution in [2.75, 3.05) is 6.61 Å². The molecule has 1 aliphatic rings. The van der Waals surface area contributed by atoms with Gasteiger partial charge in [0, 0.05) is 12.5 Å². The molecule has 0 radical (unpaired) electrons. The highest BCUT2D eigenvalue weighted by Gasteiger charge is 2.24. The Balaban J connectivity index is 2.25. The Morgan fingerprint density at radius 2 is 2.55 bits per heavy atom. The Morgan fingerprint density at radius 3 is 3.09 bits per heavy atom. The lowest BCUT2D eigenvalue weighted by atomic mass is 10.3. The summed E-state index contributed by atoms with van der Waals surface area (Å²) in [4.78, 5) is 20.6. The van der Waals surface area contributed by atoms with Crippen LogP contribution in [0.1, 0.15) is 19.3 Å². The number of rotatable bonds is 3. The van der Waals surface area contributed by atoms with Gasteiger partial charge in [0.05, 0.1) is 6.61 Å². The van der Waals surface area contributed by atoms with Crippen molar-refractivity contribution >= 4 is 11.7 Å². The molecule has 3 heteroatoms. The first kappa shape index (κ1) is 8.18. The first-order valence-electron chi connectivity index (χ1n) is 3.68. The van der Waals surface area contributed by atoms with Gasteiger partial charge in [0.15, 0.2) is 5.78 Å². The summed E-state index contributed by atoms with van der Waals surface area (Å²) in [5, 5.41) is 0. The molecule has 60 valence electrons. The van der Waals surface area contributed by atoms with Crippen LogP contribution in [0, 0.1) is 0 Å². The first-order valence-corrected chi connectivity index (χ1v) is 3.68. The lowest BCUT2D eigenvalue weighted by Crippen LogP contribution is -2.17. The lowest BCUT2D eigenvalue weighted by molar-refractivity contribution is -0.126. The fourth-order valence-corrected chi connectivity index (χ4v) is 1.16. The average molecular weight is 154 g/mol. The fraction of sp³-hybridized carbons (Fsp3) is 0.625. The Morgan fingerprint density at radius 1 is 1.73 bits per heavy atom. The van der Waals surface area contributed by atoms with Crippen LogP contribution >= 0.6 is 0 Å². The number of carbonyl (C=O) groups is 1. The zero-order chi connectivity index (χ0) is 8.10. The van der Waals surface area contributed by atoms with Crippen LogP contribution < -0.4 is 0 Å². The monoisotopic (exact) mass is 154 g/mol. The van der Waals surface area contributed by atoms with Gasteiger partial charge in [-0.2, -0.15) is 0 Å². The number of ketones is 1. The van der Waals surface area contributed by atoms with Crippen LogP contribution in [-0.4, -0.2) is 24.4 Å².